The molecule has 0 spiro atoms. The molecule has 0 saturated carbocycles. The average Bonchev–Trinajstić information content (AvgIpc) is 2.41. The highest BCUT2D eigenvalue weighted by atomic mass is 19.1. The minimum Gasteiger partial charge on any atom is -0.464 e. The molecule has 1 aromatic rings. The molecule has 1 aromatic carbocycles. The number of ether oxygens (including phenoxy) is 1. The summed E-state index contributed by atoms with van der Waals surface area (Å²) in [7, 11) is 0. The summed E-state index contributed by atoms with van der Waals surface area (Å²) in [4.78, 5) is 24.6. The first kappa shape index (κ1) is 15.1. The van der Waals surface area contributed by atoms with E-state index in [9.17, 15) is 14.0 Å². The lowest BCUT2D eigenvalue weighted by Gasteiger charge is -2.23. The van der Waals surface area contributed by atoms with Crippen LogP contribution in [0.15, 0.2) is 24.3 Å². The highest BCUT2D eigenvalue weighted by Gasteiger charge is 2.29. The van der Waals surface area contributed by atoms with Gasteiger partial charge in [0.15, 0.2) is 6.04 Å². The summed E-state index contributed by atoms with van der Waals surface area (Å²) < 4.78 is 18.3. The van der Waals surface area contributed by atoms with Gasteiger partial charge >= 0.3 is 5.97 Å². The van der Waals surface area contributed by atoms with Gasteiger partial charge in [0.05, 0.1) is 12.3 Å². The van der Waals surface area contributed by atoms with Crippen LogP contribution in [-0.4, -0.2) is 31.1 Å². The van der Waals surface area contributed by atoms with Gasteiger partial charge in [0.2, 0.25) is 0 Å². The molecule has 2 N–H and O–H groups in total. The fourth-order valence-corrected chi connectivity index (χ4v) is 1.62. The van der Waals surface area contributed by atoms with Crippen LogP contribution in [0, 0.1) is 5.82 Å². The van der Waals surface area contributed by atoms with Crippen LogP contribution in [0.2, 0.25) is 0 Å². The molecule has 0 bridgehead atoms. The van der Waals surface area contributed by atoms with E-state index < -0.39 is 23.7 Å². The zero-order valence-corrected chi connectivity index (χ0v) is 10.9. The lowest BCUT2D eigenvalue weighted by Crippen LogP contribution is -2.49. The average molecular weight is 268 g/mol. The van der Waals surface area contributed by atoms with Crippen molar-refractivity contribution in [2.24, 2.45) is 5.73 Å². The molecule has 0 radical (unpaired) electrons. The van der Waals surface area contributed by atoms with E-state index in [0.29, 0.717) is 0 Å². The number of halogens is 1. The molecule has 1 atom stereocenters. The highest BCUT2D eigenvalue weighted by Crippen LogP contribution is 2.19. The lowest BCUT2D eigenvalue weighted by molar-refractivity contribution is -0.147. The minimum absolute atomic E-state index is 0.0924. The second-order valence-electron chi connectivity index (χ2n) is 3.76. The summed E-state index contributed by atoms with van der Waals surface area (Å²) in [5, 5.41) is 0. The fraction of sp³-hybridized carbons (Fsp3) is 0.385. The van der Waals surface area contributed by atoms with Crippen molar-refractivity contribution in [2.75, 3.05) is 18.1 Å². The number of rotatable bonds is 5. The number of anilines is 1. The SMILES string of the molecule is CCOC(=O)C(N)C(=O)N(CC)c1ccccc1F. The Morgan fingerprint density at radius 1 is 1.37 bits per heavy atom. The first-order valence-corrected chi connectivity index (χ1v) is 6.01. The Hall–Kier alpha value is -1.95. The third kappa shape index (κ3) is 3.51. The number of hydrogen-bond acceptors (Lipinski definition) is 4. The van der Waals surface area contributed by atoms with Gasteiger partial charge in [-0.05, 0) is 26.0 Å². The third-order valence-corrected chi connectivity index (χ3v) is 2.53. The molecule has 0 fully saturated rings. The number of nitrogens with zero attached hydrogens (tertiary/aromatic N) is 1. The van der Waals surface area contributed by atoms with E-state index in [1.807, 2.05) is 0 Å². The number of carbonyl (C=O) groups excluding carboxylic acids is 2. The molecule has 1 amide bonds. The second-order valence-corrected chi connectivity index (χ2v) is 3.76. The summed E-state index contributed by atoms with van der Waals surface area (Å²) in [5.74, 6) is -2.05. The van der Waals surface area contributed by atoms with Crippen molar-refractivity contribution < 1.29 is 18.7 Å². The predicted octanol–water partition coefficient (Wildman–Crippen LogP) is 1.07. The molecule has 104 valence electrons. The lowest BCUT2D eigenvalue weighted by atomic mass is 10.2. The van der Waals surface area contributed by atoms with Gasteiger partial charge in [-0.3, -0.25) is 4.79 Å². The number of benzene rings is 1. The summed E-state index contributed by atoms with van der Waals surface area (Å²) in [6, 6.07) is 4.36. The molecule has 0 aliphatic heterocycles. The monoisotopic (exact) mass is 268 g/mol. The first-order valence-electron chi connectivity index (χ1n) is 6.01. The number of para-hydroxylation sites is 1. The Morgan fingerprint density at radius 2 is 2.00 bits per heavy atom. The number of nitrogens with two attached hydrogens (primary N) is 1. The molecule has 0 heterocycles. The van der Waals surface area contributed by atoms with Crippen LogP contribution in [0.1, 0.15) is 13.8 Å². The van der Waals surface area contributed by atoms with E-state index in [1.54, 1.807) is 19.9 Å². The van der Waals surface area contributed by atoms with Crippen LogP contribution in [0.3, 0.4) is 0 Å². The molecular weight excluding hydrogens is 251 g/mol. The van der Waals surface area contributed by atoms with E-state index >= 15 is 0 Å². The van der Waals surface area contributed by atoms with Crippen molar-refractivity contribution >= 4 is 17.6 Å². The fourth-order valence-electron chi connectivity index (χ4n) is 1.62. The molecular formula is C13H17FN2O3. The zero-order chi connectivity index (χ0) is 14.4. The maximum absolute atomic E-state index is 13.6. The first-order chi connectivity index (χ1) is 9.02. The molecule has 6 heteroatoms. The third-order valence-electron chi connectivity index (χ3n) is 2.53. The van der Waals surface area contributed by atoms with Crippen molar-refractivity contribution in [1.29, 1.82) is 0 Å². The van der Waals surface area contributed by atoms with Gasteiger partial charge in [-0.2, -0.15) is 0 Å². The number of amides is 1. The Labute approximate surface area is 111 Å². The maximum atomic E-state index is 13.6. The van der Waals surface area contributed by atoms with Crippen LogP contribution >= 0.6 is 0 Å². The molecule has 5 nitrogen and oxygen atoms in total. The smallest absolute Gasteiger partial charge is 0.332 e. The van der Waals surface area contributed by atoms with Crippen LogP contribution in [0.5, 0.6) is 0 Å². The van der Waals surface area contributed by atoms with Gasteiger partial charge in [0.25, 0.3) is 5.91 Å². The topological polar surface area (TPSA) is 72.6 Å². The van der Waals surface area contributed by atoms with E-state index in [-0.39, 0.29) is 18.8 Å². The van der Waals surface area contributed by atoms with Crippen molar-refractivity contribution in [2.45, 2.75) is 19.9 Å². The van der Waals surface area contributed by atoms with Crippen molar-refractivity contribution in [1.82, 2.24) is 0 Å². The normalized spacial score (nSPS) is 11.8. The van der Waals surface area contributed by atoms with E-state index in [2.05, 4.69) is 4.74 Å². The van der Waals surface area contributed by atoms with Crippen LogP contribution in [0.4, 0.5) is 10.1 Å². The Balaban J connectivity index is 2.95. The Kier molecular flexibility index (Phi) is 5.44. The standard InChI is InChI=1S/C13H17FN2O3/c1-3-16(10-8-6-5-7-9(10)14)12(17)11(15)13(18)19-4-2/h5-8,11H,3-4,15H2,1-2H3. The van der Waals surface area contributed by atoms with Gasteiger partial charge in [0.1, 0.15) is 5.82 Å². The summed E-state index contributed by atoms with van der Waals surface area (Å²) in [6.07, 6.45) is 0. The molecule has 0 saturated heterocycles. The van der Waals surface area contributed by atoms with Crippen molar-refractivity contribution in [3.8, 4) is 0 Å². The van der Waals surface area contributed by atoms with Crippen molar-refractivity contribution in [3.63, 3.8) is 0 Å². The van der Waals surface area contributed by atoms with Gasteiger partial charge in [-0.25, -0.2) is 9.18 Å². The zero-order valence-electron chi connectivity index (χ0n) is 10.9. The second kappa shape index (κ2) is 6.84. The largest absolute Gasteiger partial charge is 0.464 e. The molecule has 0 aromatic heterocycles. The predicted molar refractivity (Wildman–Crippen MR) is 69.0 cm³/mol. The van der Waals surface area contributed by atoms with E-state index in [4.69, 9.17) is 5.73 Å². The summed E-state index contributed by atoms with van der Waals surface area (Å²) in [5.41, 5.74) is 5.61. The molecule has 1 unspecified atom stereocenters. The van der Waals surface area contributed by atoms with Gasteiger partial charge in [-0.1, -0.05) is 12.1 Å². The highest BCUT2D eigenvalue weighted by molar-refractivity contribution is 6.09. The molecule has 0 aliphatic carbocycles. The van der Waals surface area contributed by atoms with E-state index in [1.165, 1.54) is 18.2 Å². The molecule has 0 aliphatic rings. The van der Waals surface area contributed by atoms with Crippen molar-refractivity contribution in [3.05, 3.63) is 30.1 Å². The molecule has 19 heavy (non-hydrogen) atoms. The van der Waals surface area contributed by atoms with Crippen LogP contribution < -0.4 is 10.6 Å². The Morgan fingerprint density at radius 3 is 2.53 bits per heavy atom. The van der Waals surface area contributed by atoms with Gasteiger partial charge in [0, 0.05) is 6.54 Å². The minimum atomic E-state index is -1.44. The number of likely N-dealkylation sites (N-methyl/N-ethyl adjacent to an activating group) is 1. The van der Waals surface area contributed by atoms with E-state index in [0.717, 1.165) is 4.90 Å². The summed E-state index contributed by atoms with van der Waals surface area (Å²) >= 11 is 0. The van der Waals surface area contributed by atoms with Gasteiger partial charge in [-0.15, -0.1) is 0 Å². The number of carbonyl (C=O) groups is 2. The summed E-state index contributed by atoms with van der Waals surface area (Å²) in [6.45, 7) is 3.62. The number of esters is 1. The number of hydrogen-bond donors (Lipinski definition) is 1. The van der Waals surface area contributed by atoms with Crippen LogP contribution in [0.25, 0.3) is 0 Å². The quantitative estimate of drug-likeness (QED) is 0.640. The molecule has 1 rings (SSSR count). The van der Waals surface area contributed by atoms with Gasteiger partial charge < -0.3 is 15.4 Å². The van der Waals surface area contributed by atoms with Crippen LogP contribution in [-0.2, 0) is 14.3 Å². The Bertz CT molecular complexity index is 465. The maximum Gasteiger partial charge on any atom is 0.332 e.